The molecular formula is C8H9N5S2. The summed E-state index contributed by atoms with van der Waals surface area (Å²) in [4.78, 5) is 7.97. The van der Waals surface area contributed by atoms with Crippen LogP contribution < -0.4 is 5.32 Å². The number of rotatable bonds is 4. The first-order valence-corrected chi connectivity index (χ1v) is 6.07. The van der Waals surface area contributed by atoms with Gasteiger partial charge < -0.3 is 5.32 Å². The zero-order chi connectivity index (χ0) is 10.5. The second-order valence-electron chi connectivity index (χ2n) is 2.59. The molecule has 0 amide bonds. The van der Waals surface area contributed by atoms with Crippen molar-refractivity contribution in [3.8, 4) is 0 Å². The van der Waals surface area contributed by atoms with Gasteiger partial charge in [0.05, 0.1) is 10.8 Å². The Morgan fingerprint density at radius 1 is 1.47 bits per heavy atom. The van der Waals surface area contributed by atoms with Gasteiger partial charge in [-0.25, -0.2) is 9.97 Å². The average Bonchev–Trinajstić information content (AvgIpc) is 2.76. The maximum atomic E-state index is 4.11. The van der Waals surface area contributed by atoms with E-state index >= 15 is 0 Å². The highest BCUT2D eigenvalue weighted by atomic mass is 32.2. The third-order valence-electron chi connectivity index (χ3n) is 1.58. The van der Waals surface area contributed by atoms with Crippen LogP contribution in [0.15, 0.2) is 23.6 Å². The Bertz CT molecular complexity index is 416. The monoisotopic (exact) mass is 239 g/mol. The van der Waals surface area contributed by atoms with Gasteiger partial charge in [-0.1, -0.05) is 23.1 Å². The molecule has 0 aliphatic heterocycles. The van der Waals surface area contributed by atoms with Crippen molar-refractivity contribution in [3.05, 3.63) is 23.6 Å². The normalized spacial score (nSPS) is 10.2. The average molecular weight is 239 g/mol. The van der Waals surface area contributed by atoms with Crippen LogP contribution in [0.4, 0.5) is 5.13 Å². The minimum Gasteiger partial charge on any atom is -0.363 e. The molecule has 2 heterocycles. The van der Waals surface area contributed by atoms with Crippen LogP contribution in [-0.4, -0.2) is 27.2 Å². The molecule has 0 aliphatic carbocycles. The molecule has 0 atom stereocenters. The van der Waals surface area contributed by atoms with Crippen LogP contribution in [0.25, 0.3) is 0 Å². The number of nitrogens with one attached hydrogen (secondary N) is 1. The largest absolute Gasteiger partial charge is 0.363 e. The number of nitrogens with zero attached hydrogens (tertiary/aromatic N) is 4. The molecule has 7 heteroatoms. The molecule has 0 saturated heterocycles. The van der Waals surface area contributed by atoms with Crippen LogP contribution in [0.2, 0.25) is 0 Å². The highest BCUT2D eigenvalue weighted by Crippen LogP contribution is 2.23. The molecule has 0 unspecified atom stereocenters. The van der Waals surface area contributed by atoms with Crippen LogP contribution in [0.3, 0.4) is 0 Å². The number of hydrogen-bond acceptors (Lipinski definition) is 7. The molecular weight excluding hydrogens is 230 g/mol. The molecule has 78 valence electrons. The minimum atomic E-state index is 0.788. The summed E-state index contributed by atoms with van der Waals surface area (Å²) in [6.45, 7) is 0. The zero-order valence-electron chi connectivity index (χ0n) is 8.04. The van der Waals surface area contributed by atoms with Gasteiger partial charge in [0, 0.05) is 13.2 Å². The van der Waals surface area contributed by atoms with Crippen molar-refractivity contribution < 1.29 is 0 Å². The number of anilines is 1. The highest BCUT2D eigenvalue weighted by Gasteiger charge is 2.03. The summed E-state index contributed by atoms with van der Waals surface area (Å²) in [5, 5.41) is 13.7. The van der Waals surface area contributed by atoms with Crippen molar-refractivity contribution in [2.24, 2.45) is 0 Å². The second-order valence-corrected chi connectivity index (χ2v) is 4.64. The maximum Gasteiger partial charge on any atom is 0.205 e. The van der Waals surface area contributed by atoms with Crippen molar-refractivity contribution >= 4 is 28.2 Å². The standard InChI is InChI=1S/C8H9N5S2/c1-9-8-13-12-7(15-8)4-14-6-2-3-10-5-11-6/h2-3,5H,4H2,1H3,(H,9,13). The number of thioether (sulfide) groups is 1. The van der Waals surface area contributed by atoms with E-state index in [-0.39, 0.29) is 0 Å². The lowest BCUT2D eigenvalue weighted by atomic mass is 10.7. The van der Waals surface area contributed by atoms with Gasteiger partial charge in [-0.15, -0.1) is 10.2 Å². The molecule has 0 aromatic carbocycles. The molecule has 5 nitrogen and oxygen atoms in total. The Labute approximate surface area is 95.4 Å². The topological polar surface area (TPSA) is 63.6 Å². The van der Waals surface area contributed by atoms with Gasteiger partial charge in [-0.3, -0.25) is 0 Å². The van der Waals surface area contributed by atoms with Crippen molar-refractivity contribution in [1.82, 2.24) is 20.2 Å². The Hall–Kier alpha value is -1.21. The fourth-order valence-electron chi connectivity index (χ4n) is 0.913. The van der Waals surface area contributed by atoms with Gasteiger partial charge in [-0.05, 0) is 6.07 Å². The summed E-state index contributed by atoms with van der Waals surface area (Å²) in [7, 11) is 1.84. The van der Waals surface area contributed by atoms with E-state index in [1.807, 2.05) is 13.1 Å². The van der Waals surface area contributed by atoms with Crippen LogP contribution in [-0.2, 0) is 5.75 Å². The van der Waals surface area contributed by atoms with Crippen LogP contribution in [0.1, 0.15) is 5.01 Å². The predicted molar refractivity (Wildman–Crippen MR) is 61.0 cm³/mol. The van der Waals surface area contributed by atoms with E-state index in [1.165, 1.54) is 0 Å². The molecule has 1 N–H and O–H groups in total. The molecule has 2 rings (SSSR count). The molecule has 0 bridgehead atoms. The first-order valence-electron chi connectivity index (χ1n) is 4.27. The van der Waals surface area contributed by atoms with E-state index < -0.39 is 0 Å². The second kappa shape index (κ2) is 5.04. The van der Waals surface area contributed by atoms with E-state index in [0.29, 0.717) is 0 Å². The summed E-state index contributed by atoms with van der Waals surface area (Å²) < 4.78 is 0. The first kappa shape index (κ1) is 10.3. The summed E-state index contributed by atoms with van der Waals surface area (Å²) in [5.74, 6) is 0.788. The molecule has 2 aromatic rings. The summed E-state index contributed by atoms with van der Waals surface area (Å²) >= 11 is 3.18. The third kappa shape index (κ3) is 2.87. The highest BCUT2D eigenvalue weighted by molar-refractivity contribution is 7.98. The summed E-state index contributed by atoms with van der Waals surface area (Å²) in [6, 6.07) is 1.88. The number of aromatic nitrogens is 4. The van der Waals surface area contributed by atoms with E-state index in [9.17, 15) is 0 Å². The fourth-order valence-corrected chi connectivity index (χ4v) is 2.42. The maximum absolute atomic E-state index is 4.11. The molecule has 0 saturated carbocycles. The van der Waals surface area contributed by atoms with Gasteiger partial charge in [0.15, 0.2) is 0 Å². The lowest BCUT2D eigenvalue weighted by Crippen LogP contribution is -1.84. The lowest BCUT2D eigenvalue weighted by molar-refractivity contribution is 1.03. The van der Waals surface area contributed by atoms with Gasteiger partial charge in [0.1, 0.15) is 11.3 Å². The predicted octanol–water partition coefficient (Wildman–Crippen LogP) is 1.66. The van der Waals surface area contributed by atoms with Crippen molar-refractivity contribution in [3.63, 3.8) is 0 Å². The zero-order valence-corrected chi connectivity index (χ0v) is 9.68. The Morgan fingerprint density at radius 3 is 3.07 bits per heavy atom. The molecule has 15 heavy (non-hydrogen) atoms. The van der Waals surface area contributed by atoms with Gasteiger partial charge >= 0.3 is 0 Å². The molecule has 0 aliphatic rings. The van der Waals surface area contributed by atoms with E-state index in [0.717, 1.165) is 20.9 Å². The van der Waals surface area contributed by atoms with E-state index in [1.54, 1.807) is 35.6 Å². The van der Waals surface area contributed by atoms with E-state index in [4.69, 9.17) is 0 Å². The molecule has 0 fully saturated rings. The van der Waals surface area contributed by atoms with Crippen molar-refractivity contribution in [1.29, 1.82) is 0 Å². The lowest BCUT2D eigenvalue weighted by Gasteiger charge is -1.95. The van der Waals surface area contributed by atoms with Crippen LogP contribution in [0, 0.1) is 0 Å². The van der Waals surface area contributed by atoms with Crippen LogP contribution >= 0.6 is 23.1 Å². The molecule has 2 aromatic heterocycles. The molecule has 0 spiro atoms. The molecule has 0 radical (unpaired) electrons. The Balaban J connectivity index is 1.93. The third-order valence-corrected chi connectivity index (χ3v) is 3.66. The Kier molecular flexibility index (Phi) is 3.46. The summed E-state index contributed by atoms with van der Waals surface area (Å²) in [5.41, 5.74) is 0. The smallest absolute Gasteiger partial charge is 0.205 e. The minimum absolute atomic E-state index is 0.788. The van der Waals surface area contributed by atoms with Crippen molar-refractivity contribution in [2.75, 3.05) is 12.4 Å². The van der Waals surface area contributed by atoms with Gasteiger partial charge in [0.25, 0.3) is 0 Å². The number of hydrogen-bond donors (Lipinski definition) is 1. The van der Waals surface area contributed by atoms with Crippen molar-refractivity contribution in [2.45, 2.75) is 10.8 Å². The first-order chi connectivity index (χ1) is 7.38. The SMILES string of the molecule is CNc1nnc(CSc2ccncn2)s1. The summed E-state index contributed by atoms with van der Waals surface area (Å²) in [6.07, 6.45) is 3.27. The van der Waals surface area contributed by atoms with Crippen LogP contribution in [0.5, 0.6) is 0 Å². The quantitative estimate of drug-likeness (QED) is 0.646. The fraction of sp³-hybridized carbons (Fsp3) is 0.250. The van der Waals surface area contributed by atoms with Gasteiger partial charge in [0.2, 0.25) is 5.13 Å². The Morgan fingerprint density at radius 2 is 2.40 bits per heavy atom. The van der Waals surface area contributed by atoms with Gasteiger partial charge in [-0.2, -0.15) is 0 Å². The van der Waals surface area contributed by atoms with E-state index in [2.05, 4.69) is 25.5 Å².